The van der Waals surface area contributed by atoms with E-state index in [1.54, 1.807) is 7.11 Å². The summed E-state index contributed by atoms with van der Waals surface area (Å²) in [6.07, 6.45) is 3.04. The van der Waals surface area contributed by atoms with Crippen LogP contribution in [0.4, 0.5) is 5.69 Å². The average molecular weight is 460 g/mol. The van der Waals surface area contributed by atoms with Gasteiger partial charge in [-0.05, 0) is 43.0 Å². The van der Waals surface area contributed by atoms with Crippen LogP contribution >= 0.6 is 12.4 Å². The summed E-state index contributed by atoms with van der Waals surface area (Å²) in [5.41, 5.74) is 0.535. The van der Waals surface area contributed by atoms with Crippen molar-refractivity contribution in [2.24, 2.45) is 7.05 Å². The standard InChI is InChI=1S/C23H29N5O3.ClH/c1-25-22(29)17-24-28(23(25)30)11-4-3-10-26-12-14-27(15-13-26)21-7-5-6-18-8-9-19(31-2)16-20(18)21;/h5-9,16-17H,3-4,10-15H2,1-2H3;1H. The molecule has 2 aromatic carbocycles. The van der Waals surface area contributed by atoms with Gasteiger partial charge in [0.05, 0.1) is 7.11 Å². The highest BCUT2D eigenvalue weighted by molar-refractivity contribution is 5.95. The van der Waals surface area contributed by atoms with E-state index in [9.17, 15) is 9.59 Å². The Morgan fingerprint density at radius 3 is 2.50 bits per heavy atom. The van der Waals surface area contributed by atoms with Gasteiger partial charge in [0.25, 0.3) is 5.56 Å². The lowest BCUT2D eigenvalue weighted by molar-refractivity contribution is 0.250. The molecule has 0 atom stereocenters. The summed E-state index contributed by atoms with van der Waals surface area (Å²) in [5.74, 6) is 0.880. The first-order chi connectivity index (χ1) is 15.1. The maximum Gasteiger partial charge on any atom is 0.347 e. The highest BCUT2D eigenvalue weighted by Crippen LogP contribution is 2.30. The molecule has 1 aromatic heterocycles. The minimum absolute atomic E-state index is 0. The molecule has 1 saturated heterocycles. The summed E-state index contributed by atoms with van der Waals surface area (Å²) in [6.45, 7) is 5.52. The van der Waals surface area contributed by atoms with Gasteiger partial charge < -0.3 is 9.64 Å². The Kier molecular flexibility index (Phi) is 7.93. The molecule has 1 aliphatic heterocycles. The first-order valence-corrected chi connectivity index (χ1v) is 10.7. The summed E-state index contributed by atoms with van der Waals surface area (Å²) < 4.78 is 7.88. The number of rotatable bonds is 7. The Bertz CT molecular complexity index is 1170. The van der Waals surface area contributed by atoms with Gasteiger partial charge in [-0.3, -0.25) is 14.3 Å². The number of methoxy groups -OCH3 is 1. The topological polar surface area (TPSA) is 72.6 Å². The summed E-state index contributed by atoms with van der Waals surface area (Å²) in [6, 6.07) is 12.7. The quantitative estimate of drug-likeness (QED) is 0.504. The lowest BCUT2D eigenvalue weighted by Gasteiger charge is -2.36. The van der Waals surface area contributed by atoms with Crippen LogP contribution in [0.15, 0.2) is 52.2 Å². The van der Waals surface area contributed by atoms with E-state index >= 15 is 0 Å². The molecule has 0 amide bonds. The molecule has 0 spiro atoms. The highest BCUT2D eigenvalue weighted by Gasteiger charge is 2.18. The van der Waals surface area contributed by atoms with E-state index in [1.807, 2.05) is 6.07 Å². The third-order valence-corrected chi connectivity index (χ3v) is 6.02. The number of benzene rings is 2. The first kappa shape index (κ1) is 23.8. The third kappa shape index (κ3) is 5.14. The number of aryl methyl sites for hydroxylation is 1. The summed E-state index contributed by atoms with van der Waals surface area (Å²) in [5, 5.41) is 6.40. The van der Waals surface area contributed by atoms with E-state index in [2.05, 4.69) is 45.2 Å². The van der Waals surface area contributed by atoms with Gasteiger partial charge in [-0.25, -0.2) is 9.48 Å². The normalized spacial score (nSPS) is 14.4. The second-order valence-electron chi connectivity index (χ2n) is 7.95. The van der Waals surface area contributed by atoms with Crippen LogP contribution in [0, 0.1) is 0 Å². The Morgan fingerprint density at radius 2 is 1.75 bits per heavy atom. The van der Waals surface area contributed by atoms with Crippen LogP contribution < -0.4 is 20.9 Å². The molecule has 1 fully saturated rings. The molecule has 1 aliphatic rings. The number of aromatic nitrogens is 3. The van der Waals surface area contributed by atoms with Crippen molar-refractivity contribution in [3.8, 4) is 5.75 Å². The van der Waals surface area contributed by atoms with E-state index in [4.69, 9.17) is 4.74 Å². The molecule has 0 unspecified atom stereocenters. The van der Waals surface area contributed by atoms with Crippen LogP contribution in [-0.2, 0) is 13.6 Å². The molecule has 8 nitrogen and oxygen atoms in total. The molecule has 3 aromatic rings. The molecular weight excluding hydrogens is 430 g/mol. The number of fused-ring (bicyclic) bond motifs is 1. The number of piperazine rings is 1. The van der Waals surface area contributed by atoms with Gasteiger partial charge in [0, 0.05) is 50.8 Å². The fraction of sp³-hybridized carbons (Fsp3) is 0.435. The second-order valence-corrected chi connectivity index (χ2v) is 7.95. The van der Waals surface area contributed by atoms with Crippen LogP contribution in [0.25, 0.3) is 10.8 Å². The summed E-state index contributed by atoms with van der Waals surface area (Å²) in [7, 11) is 3.18. The molecule has 0 saturated carbocycles. The predicted octanol–water partition coefficient (Wildman–Crippen LogP) is 2.13. The van der Waals surface area contributed by atoms with Crippen molar-refractivity contribution < 1.29 is 4.74 Å². The smallest absolute Gasteiger partial charge is 0.347 e. The zero-order valence-corrected chi connectivity index (χ0v) is 19.4. The van der Waals surface area contributed by atoms with E-state index in [0.29, 0.717) is 6.54 Å². The van der Waals surface area contributed by atoms with Crippen LogP contribution in [0.1, 0.15) is 12.8 Å². The van der Waals surface area contributed by atoms with Crippen molar-refractivity contribution in [3.05, 3.63) is 63.4 Å². The number of unbranched alkanes of at least 4 members (excludes halogenated alkanes) is 1. The Labute approximate surface area is 193 Å². The SMILES string of the molecule is COc1ccc2cccc(N3CCN(CCCCn4ncc(=O)n(C)c4=O)CC3)c2c1.Cl. The Hall–Kier alpha value is -2.84. The molecule has 172 valence electrons. The van der Waals surface area contributed by atoms with Crippen molar-refractivity contribution in [2.45, 2.75) is 19.4 Å². The molecule has 0 bridgehead atoms. The summed E-state index contributed by atoms with van der Waals surface area (Å²) in [4.78, 5) is 28.4. The van der Waals surface area contributed by atoms with Gasteiger partial charge in [0.15, 0.2) is 0 Å². The lowest BCUT2D eigenvalue weighted by atomic mass is 10.1. The van der Waals surface area contributed by atoms with E-state index in [1.165, 1.54) is 34.4 Å². The Balaban J connectivity index is 0.00000289. The predicted molar refractivity (Wildman–Crippen MR) is 129 cm³/mol. The number of hydrogen-bond acceptors (Lipinski definition) is 6. The van der Waals surface area contributed by atoms with Crippen LogP contribution in [-0.4, -0.2) is 59.1 Å². The minimum Gasteiger partial charge on any atom is -0.497 e. The van der Waals surface area contributed by atoms with Gasteiger partial charge in [-0.2, -0.15) is 5.10 Å². The third-order valence-electron chi connectivity index (χ3n) is 6.02. The molecule has 0 aliphatic carbocycles. The largest absolute Gasteiger partial charge is 0.497 e. The Morgan fingerprint density at radius 1 is 1.00 bits per heavy atom. The van der Waals surface area contributed by atoms with E-state index < -0.39 is 0 Å². The van der Waals surface area contributed by atoms with Gasteiger partial charge in [-0.1, -0.05) is 18.2 Å². The zero-order chi connectivity index (χ0) is 21.8. The zero-order valence-electron chi connectivity index (χ0n) is 18.6. The fourth-order valence-corrected chi connectivity index (χ4v) is 4.12. The van der Waals surface area contributed by atoms with Crippen LogP contribution in [0.5, 0.6) is 5.75 Å². The van der Waals surface area contributed by atoms with Crippen LogP contribution in [0.2, 0.25) is 0 Å². The van der Waals surface area contributed by atoms with E-state index in [0.717, 1.165) is 55.9 Å². The molecular formula is C23H30ClN5O3. The van der Waals surface area contributed by atoms with Crippen molar-refractivity contribution in [1.29, 1.82) is 0 Å². The molecule has 32 heavy (non-hydrogen) atoms. The molecule has 0 radical (unpaired) electrons. The minimum atomic E-state index is -0.372. The van der Waals surface area contributed by atoms with Crippen molar-refractivity contribution in [1.82, 2.24) is 19.2 Å². The molecule has 0 N–H and O–H groups in total. The first-order valence-electron chi connectivity index (χ1n) is 10.7. The van der Waals surface area contributed by atoms with Crippen molar-refractivity contribution in [3.63, 3.8) is 0 Å². The highest BCUT2D eigenvalue weighted by atomic mass is 35.5. The van der Waals surface area contributed by atoms with Gasteiger partial charge in [-0.15, -0.1) is 12.4 Å². The maximum atomic E-state index is 12.0. The number of ether oxygens (including phenoxy) is 1. The molecule has 9 heteroatoms. The second kappa shape index (κ2) is 10.7. The summed E-state index contributed by atoms with van der Waals surface area (Å²) >= 11 is 0. The van der Waals surface area contributed by atoms with E-state index in [-0.39, 0.29) is 23.7 Å². The van der Waals surface area contributed by atoms with Gasteiger partial charge in [0.1, 0.15) is 11.9 Å². The number of anilines is 1. The molecule has 4 rings (SSSR count). The fourth-order valence-electron chi connectivity index (χ4n) is 4.12. The number of hydrogen-bond donors (Lipinski definition) is 0. The number of halogens is 1. The molecule has 2 heterocycles. The number of nitrogens with zero attached hydrogens (tertiary/aromatic N) is 5. The monoisotopic (exact) mass is 459 g/mol. The maximum absolute atomic E-state index is 12.0. The lowest BCUT2D eigenvalue weighted by Crippen LogP contribution is -2.46. The average Bonchev–Trinajstić information content (AvgIpc) is 2.81. The van der Waals surface area contributed by atoms with Crippen LogP contribution in [0.3, 0.4) is 0 Å². The van der Waals surface area contributed by atoms with Gasteiger partial charge in [0.2, 0.25) is 0 Å². The van der Waals surface area contributed by atoms with Gasteiger partial charge >= 0.3 is 5.69 Å². The van der Waals surface area contributed by atoms with Crippen molar-refractivity contribution in [2.75, 3.05) is 44.7 Å². The van der Waals surface area contributed by atoms with Crippen molar-refractivity contribution >= 4 is 28.9 Å².